The number of carbonyl (C=O) groups is 1. The van der Waals surface area contributed by atoms with Crippen LogP contribution in [0, 0.1) is 0 Å². The van der Waals surface area contributed by atoms with E-state index in [0.29, 0.717) is 0 Å². The van der Waals surface area contributed by atoms with E-state index in [2.05, 4.69) is 10.3 Å². The molecule has 14 heavy (non-hydrogen) atoms. The molecule has 1 unspecified atom stereocenters. The lowest BCUT2D eigenvalue weighted by atomic mass is 10.1. The number of nitrogens with one attached hydrogen (secondary N) is 1. The van der Waals surface area contributed by atoms with Crippen LogP contribution in [-0.4, -0.2) is 29.2 Å². The van der Waals surface area contributed by atoms with Crippen molar-refractivity contribution in [1.29, 1.82) is 0 Å². The van der Waals surface area contributed by atoms with Crippen LogP contribution in [0.25, 0.3) is 0 Å². The summed E-state index contributed by atoms with van der Waals surface area (Å²) < 4.78 is 6.66. The topological polar surface area (TPSA) is 56.1 Å². The summed E-state index contributed by atoms with van der Waals surface area (Å²) in [5, 5.41) is 3.09. The number of ether oxygens (including phenoxy) is 1. The average molecular weight is 195 g/mol. The maximum absolute atomic E-state index is 11.4. The summed E-state index contributed by atoms with van der Waals surface area (Å²) in [6.45, 7) is 0.784. The summed E-state index contributed by atoms with van der Waals surface area (Å²) in [6.07, 6.45) is 2.63. The van der Waals surface area contributed by atoms with Crippen molar-refractivity contribution in [2.24, 2.45) is 7.05 Å². The average Bonchev–Trinajstić information content (AvgIpc) is 2.59. The third-order valence-corrected chi connectivity index (χ3v) is 2.51. The van der Waals surface area contributed by atoms with E-state index in [9.17, 15) is 4.79 Å². The van der Waals surface area contributed by atoms with Gasteiger partial charge in [-0.15, -0.1) is 0 Å². The van der Waals surface area contributed by atoms with Gasteiger partial charge in [-0.2, -0.15) is 0 Å². The van der Waals surface area contributed by atoms with Gasteiger partial charge in [-0.05, 0) is 0 Å². The van der Waals surface area contributed by atoms with Gasteiger partial charge in [-0.1, -0.05) is 0 Å². The fraction of sp³-hybridized carbons (Fsp3) is 0.556. The van der Waals surface area contributed by atoms with Crippen molar-refractivity contribution < 1.29 is 9.53 Å². The molecule has 0 spiro atoms. The number of aromatic nitrogens is 2. The largest absolute Gasteiger partial charge is 0.468 e. The first kappa shape index (κ1) is 9.21. The third kappa shape index (κ3) is 1.29. The third-order valence-electron chi connectivity index (χ3n) is 2.51. The normalized spacial score (nSPS) is 20.3. The number of nitrogens with zero attached hydrogens (tertiary/aromatic N) is 2. The Kier molecular flexibility index (Phi) is 2.25. The van der Waals surface area contributed by atoms with Crippen molar-refractivity contribution in [2.45, 2.75) is 12.5 Å². The van der Waals surface area contributed by atoms with Gasteiger partial charge in [0.05, 0.1) is 19.1 Å². The number of carbonyl (C=O) groups excluding carboxylic acids is 1. The highest BCUT2D eigenvalue weighted by Gasteiger charge is 2.29. The lowest BCUT2D eigenvalue weighted by molar-refractivity contribution is -0.143. The zero-order chi connectivity index (χ0) is 10.1. The Morgan fingerprint density at radius 3 is 3.29 bits per heavy atom. The molecule has 5 nitrogen and oxygen atoms in total. The summed E-state index contributed by atoms with van der Waals surface area (Å²) in [7, 11) is 3.33. The molecule has 2 rings (SSSR count). The molecule has 2 heterocycles. The molecule has 0 aliphatic carbocycles. The van der Waals surface area contributed by atoms with Gasteiger partial charge in [-0.3, -0.25) is 5.32 Å². The molecular weight excluding hydrogens is 182 g/mol. The quantitative estimate of drug-likeness (QED) is 0.629. The van der Waals surface area contributed by atoms with Crippen molar-refractivity contribution in [1.82, 2.24) is 14.9 Å². The predicted octanol–water partition coefficient (Wildman–Crippen LogP) is -0.220. The number of fused-ring (bicyclic) bond motifs is 1. The second-order valence-electron chi connectivity index (χ2n) is 3.35. The number of hydrogen-bond donors (Lipinski definition) is 1. The zero-order valence-electron chi connectivity index (χ0n) is 8.28. The van der Waals surface area contributed by atoms with Crippen LogP contribution in [-0.2, 0) is 23.0 Å². The summed E-state index contributed by atoms with van der Waals surface area (Å²) in [5.74, 6) is -0.273. The first-order chi connectivity index (χ1) is 6.74. The molecule has 0 amide bonds. The van der Waals surface area contributed by atoms with E-state index in [0.717, 1.165) is 24.4 Å². The summed E-state index contributed by atoms with van der Waals surface area (Å²) in [6, 6.07) is -0.398. The maximum atomic E-state index is 11.4. The van der Waals surface area contributed by atoms with E-state index in [1.54, 1.807) is 6.33 Å². The standard InChI is InChI=1S/C9H13N3O2/c1-12-5-11-7-6(12)3-4-10-8(7)9(13)14-2/h5,8,10H,3-4H2,1-2H3. The first-order valence-corrected chi connectivity index (χ1v) is 4.55. The summed E-state index contributed by atoms with van der Waals surface area (Å²) >= 11 is 0. The Balaban J connectivity index is 2.36. The Morgan fingerprint density at radius 1 is 1.79 bits per heavy atom. The Hall–Kier alpha value is -1.36. The highest BCUT2D eigenvalue weighted by atomic mass is 16.5. The molecular formula is C9H13N3O2. The van der Waals surface area contributed by atoms with E-state index in [1.807, 2.05) is 11.6 Å². The minimum absolute atomic E-state index is 0.273. The van der Waals surface area contributed by atoms with Gasteiger partial charge < -0.3 is 9.30 Å². The lowest BCUT2D eigenvalue weighted by Crippen LogP contribution is -2.36. The molecule has 1 aliphatic rings. The Bertz CT molecular complexity index is 359. The van der Waals surface area contributed by atoms with Crippen LogP contribution in [0.2, 0.25) is 0 Å². The number of methoxy groups -OCH3 is 1. The van der Waals surface area contributed by atoms with Gasteiger partial charge >= 0.3 is 5.97 Å². The van der Waals surface area contributed by atoms with E-state index in [-0.39, 0.29) is 5.97 Å². The van der Waals surface area contributed by atoms with E-state index >= 15 is 0 Å². The molecule has 0 saturated heterocycles. The number of esters is 1. The molecule has 1 aromatic rings. The molecule has 0 radical (unpaired) electrons. The molecule has 76 valence electrons. The summed E-state index contributed by atoms with van der Waals surface area (Å²) in [5.41, 5.74) is 1.91. The highest BCUT2D eigenvalue weighted by molar-refractivity contribution is 5.77. The van der Waals surface area contributed by atoms with Gasteiger partial charge in [0.25, 0.3) is 0 Å². The monoisotopic (exact) mass is 195 g/mol. The van der Waals surface area contributed by atoms with Crippen molar-refractivity contribution in [3.8, 4) is 0 Å². The van der Waals surface area contributed by atoms with Crippen molar-refractivity contribution in [2.75, 3.05) is 13.7 Å². The SMILES string of the molecule is COC(=O)C1NCCc2c1ncn2C. The molecule has 0 bridgehead atoms. The van der Waals surface area contributed by atoms with E-state index in [4.69, 9.17) is 4.74 Å². The van der Waals surface area contributed by atoms with Crippen molar-refractivity contribution >= 4 is 5.97 Å². The van der Waals surface area contributed by atoms with Crippen LogP contribution in [0.1, 0.15) is 17.4 Å². The fourth-order valence-corrected chi connectivity index (χ4v) is 1.76. The van der Waals surface area contributed by atoms with Crippen LogP contribution < -0.4 is 5.32 Å². The molecule has 0 aromatic carbocycles. The Labute approximate surface area is 82.1 Å². The van der Waals surface area contributed by atoms with Crippen LogP contribution in [0.4, 0.5) is 0 Å². The highest BCUT2D eigenvalue weighted by Crippen LogP contribution is 2.21. The zero-order valence-corrected chi connectivity index (χ0v) is 8.28. The number of hydrogen-bond acceptors (Lipinski definition) is 4. The van der Waals surface area contributed by atoms with E-state index < -0.39 is 6.04 Å². The molecule has 1 aromatic heterocycles. The summed E-state index contributed by atoms with van der Waals surface area (Å²) in [4.78, 5) is 15.6. The van der Waals surface area contributed by atoms with Crippen molar-refractivity contribution in [3.63, 3.8) is 0 Å². The fourth-order valence-electron chi connectivity index (χ4n) is 1.76. The van der Waals surface area contributed by atoms with Crippen molar-refractivity contribution in [3.05, 3.63) is 17.7 Å². The first-order valence-electron chi connectivity index (χ1n) is 4.55. The molecule has 5 heteroatoms. The van der Waals surface area contributed by atoms with Gasteiger partial charge in [-0.25, -0.2) is 9.78 Å². The number of rotatable bonds is 1. The van der Waals surface area contributed by atoms with Gasteiger partial charge in [0, 0.05) is 25.7 Å². The minimum Gasteiger partial charge on any atom is -0.468 e. The van der Waals surface area contributed by atoms with Crippen LogP contribution in [0.15, 0.2) is 6.33 Å². The predicted molar refractivity (Wildman–Crippen MR) is 49.7 cm³/mol. The second kappa shape index (κ2) is 3.42. The molecule has 0 fully saturated rings. The molecule has 1 N–H and O–H groups in total. The van der Waals surface area contributed by atoms with Crippen LogP contribution in [0.3, 0.4) is 0 Å². The smallest absolute Gasteiger partial charge is 0.329 e. The second-order valence-corrected chi connectivity index (χ2v) is 3.35. The van der Waals surface area contributed by atoms with Gasteiger partial charge in [0.15, 0.2) is 6.04 Å². The maximum Gasteiger partial charge on any atom is 0.329 e. The minimum atomic E-state index is -0.398. The molecule has 0 saturated carbocycles. The Morgan fingerprint density at radius 2 is 2.57 bits per heavy atom. The molecule has 1 atom stereocenters. The molecule has 1 aliphatic heterocycles. The number of aryl methyl sites for hydroxylation is 1. The van der Waals surface area contributed by atoms with Gasteiger partial charge in [0.2, 0.25) is 0 Å². The van der Waals surface area contributed by atoms with Gasteiger partial charge in [0.1, 0.15) is 0 Å². The van der Waals surface area contributed by atoms with Crippen LogP contribution in [0.5, 0.6) is 0 Å². The number of imidazole rings is 1. The van der Waals surface area contributed by atoms with Crippen LogP contribution >= 0.6 is 0 Å². The van der Waals surface area contributed by atoms with E-state index in [1.165, 1.54) is 7.11 Å². The lowest BCUT2D eigenvalue weighted by Gasteiger charge is -2.21.